The number of amides is 1. The molecule has 0 aromatic carbocycles. The van der Waals surface area contributed by atoms with Crippen molar-refractivity contribution in [2.24, 2.45) is 10.8 Å². The van der Waals surface area contributed by atoms with Gasteiger partial charge < -0.3 is 4.90 Å². The van der Waals surface area contributed by atoms with Gasteiger partial charge in [0.05, 0.1) is 6.07 Å². The first-order chi connectivity index (χ1) is 7.90. The SMILES string of the molecule is CCC(C#N)(CC)C(=O)N1CCC(C)(C)CC1. The van der Waals surface area contributed by atoms with Gasteiger partial charge in [0.25, 0.3) is 0 Å². The highest BCUT2D eigenvalue weighted by Crippen LogP contribution is 2.34. The number of carbonyl (C=O) groups excluding carboxylic acids is 1. The van der Waals surface area contributed by atoms with Crippen LogP contribution in [0.15, 0.2) is 0 Å². The van der Waals surface area contributed by atoms with E-state index in [1.54, 1.807) is 0 Å². The predicted molar refractivity (Wildman–Crippen MR) is 68.2 cm³/mol. The minimum Gasteiger partial charge on any atom is -0.341 e. The van der Waals surface area contributed by atoms with E-state index >= 15 is 0 Å². The second-order valence-electron chi connectivity index (χ2n) is 5.86. The van der Waals surface area contributed by atoms with E-state index in [0.29, 0.717) is 18.3 Å². The van der Waals surface area contributed by atoms with Crippen LogP contribution in [-0.4, -0.2) is 23.9 Å². The molecule has 1 saturated heterocycles. The number of rotatable bonds is 3. The molecular formula is C14H24N2O. The Morgan fingerprint density at radius 3 is 2.12 bits per heavy atom. The largest absolute Gasteiger partial charge is 0.341 e. The molecular weight excluding hydrogens is 212 g/mol. The molecule has 0 unspecified atom stereocenters. The molecule has 1 heterocycles. The summed E-state index contributed by atoms with van der Waals surface area (Å²) in [6.07, 6.45) is 3.29. The Labute approximate surface area is 105 Å². The Hall–Kier alpha value is -1.04. The Bertz CT molecular complexity index is 314. The normalized spacial score (nSPS) is 19.8. The van der Waals surface area contributed by atoms with Crippen LogP contribution in [0.3, 0.4) is 0 Å². The van der Waals surface area contributed by atoms with Crippen molar-refractivity contribution in [1.29, 1.82) is 5.26 Å². The van der Waals surface area contributed by atoms with Crippen molar-refractivity contribution in [3.05, 3.63) is 0 Å². The minimum atomic E-state index is -0.790. The minimum absolute atomic E-state index is 0.0421. The number of nitriles is 1. The molecule has 1 aliphatic heterocycles. The lowest BCUT2D eigenvalue weighted by molar-refractivity contribution is -0.141. The Kier molecular flexibility index (Phi) is 4.19. The molecule has 96 valence electrons. The summed E-state index contributed by atoms with van der Waals surface area (Å²) in [5.74, 6) is 0.0421. The third kappa shape index (κ3) is 2.80. The zero-order valence-electron chi connectivity index (χ0n) is 11.5. The van der Waals surface area contributed by atoms with E-state index in [9.17, 15) is 10.1 Å². The molecule has 0 aliphatic carbocycles. The number of likely N-dealkylation sites (tertiary alicyclic amines) is 1. The van der Waals surface area contributed by atoms with Gasteiger partial charge in [0.1, 0.15) is 5.41 Å². The van der Waals surface area contributed by atoms with Gasteiger partial charge in [-0.25, -0.2) is 0 Å². The van der Waals surface area contributed by atoms with E-state index in [4.69, 9.17) is 0 Å². The van der Waals surface area contributed by atoms with Crippen LogP contribution in [0.25, 0.3) is 0 Å². The molecule has 1 fully saturated rings. The van der Waals surface area contributed by atoms with Crippen LogP contribution in [0.2, 0.25) is 0 Å². The highest BCUT2D eigenvalue weighted by atomic mass is 16.2. The summed E-state index contributed by atoms with van der Waals surface area (Å²) in [5, 5.41) is 9.28. The molecule has 1 aliphatic rings. The fourth-order valence-electron chi connectivity index (χ4n) is 2.38. The summed E-state index contributed by atoms with van der Waals surface area (Å²) in [4.78, 5) is 14.3. The summed E-state index contributed by atoms with van der Waals surface area (Å²) >= 11 is 0. The molecule has 1 amide bonds. The second kappa shape index (κ2) is 5.08. The molecule has 0 N–H and O–H groups in total. The zero-order chi connectivity index (χ0) is 13.1. The van der Waals surface area contributed by atoms with Crippen LogP contribution in [-0.2, 0) is 4.79 Å². The lowest BCUT2D eigenvalue weighted by Crippen LogP contribution is -2.47. The average Bonchev–Trinajstić information content (AvgIpc) is 2.32. The predicted octanol–water partition coefficient (Wildman–Crippen LogP) is 2.96. The monoisotopic (exact) mass is 236 g/mol. The van der Waals surface area contributed by atoms with Crippen molar-refractivity contribution < 1.29 is 4.79 Å². The van der Waals surface area contributed by atoms with Gasteiger partial charge in [-0.2, -0.15) is 5.26 Å². The third-order valence-corrected chi connectivity index (χ3v) is 4.23. The van der Waals surface area contributed by atoms with E-state index in [-0.39, 0.29) is 5.91 Å². The van der Waals surface area contributed by atoms with E-state index < -0.39 is 5.41 Å². The van der Waals surface area contributed by atoms with E-state index in [0.717, 1.165) is 25.9 Å². The number of nitrogens with zero attached hydrogens (tertiary/aromatic N) is 2. The maximum atomic E-state index is 12.4. The fraction of sp³-hybridized carbons (Fsp3) is 0.857. The standard InChI is InChI=1S/C14H24N2O/c1-5-14(6-2,11-15)12(17)16-9-7-13(3,4)8-10-16/h5-10H2,1-4H3. The Balaban J connectivity index is 2.75. The summed E-state index contributed by atoms with van der Waals surface area (Å²) < 4.78 is 0. The molecule has 0 bridgehead atoms. The van der Waals surface area contributed by atoms with E-state index in [1.165, 1.54) is 0 Å². The van der Waals surface area contributed by atoms with Crippen LogP contribution in [0.5, 0.6) is 0 Å². The van der Waals surface area contributed by atoms with Crippen molar-refractivity contribution in [1.82, 2.24) is 4.90 Å². The van der Waals surface area contributed by atoms with Gasteiger partial charge in [0.2, 0.25) is 5.91 Å². The summed E-state index contributed by atoms with van der Waals surface area (Å²) in [5.41, 5.74) is -0.452. The molecule has 3 nitrogen and oxygen atoms in total. The molecule has 0 spiro atoms. The molecule has 3 heteroatoms. The van der Waals surface area contributed by atoms with Crippen molar-refractivity contribution in [3.63, 3.8) is 0 Å². The van der Waals surface area contributed by atoms with Crippen molar-refractivity contribution in [2.75, 3.05) is 13.1 Å². The van der Waals surface area contributed by atoms with Gasteiger partial charge in [-0.1, -0.05) is 27.7 Å². The first kappa shape index (κ1) is 14.0. The van der Waals surface area contributed by atoms with Crippen LogP contribution >= 0.6 is 0 Å². The number of piperidine rings is 1. The van der Waals surface area contributed by atoms with Gasteiger partial charge in [-0.15, -0.1) is 0 Å². The average molecular weight is 236 g/mol. The van der Waals surface area contributed by atoms with Crippen LogP contribution in [0, 0.1) is 22.2 Å². The Morgan fingerprint density at radius 1 is 1.29 bits per heavy atom. The lowest BCUT2D eigenvalue weighted by atomic mass is 9.79. The van der Waals surface area contributed by atoms with Gasteiger partial charge in [-0.05, 0) is 31.1 Å². The maximum Gasteiger partial charge on any atom is 0.243 e. The fourth-order valence-corrected chi connectivity index (χ4v) is 2.38. The second-order valence-corrected chi connectivity index (χ2v) is 5.86. The molecule has 17 heavy (non-hydrogen) atoms. The first-order valence-corrected chi connectivity index (χ1v) is 6.61. The molecule has 0 aromatic heterocycles. The smallest absolute Gasteiger partial charge is 0.243 e. The van der Waals surface area contributed by atoms with E-state index in [2.05, 4.69) is 19.9 Å². The zero-order valence-corrected chi connectivity index (χ0v) is 11.5. The highest BCUT2D eigenvalue weighted by molar-refractivity contribution is 5.85. The topological polar surface area (TPSA) is 44.1 Å². The van der Waals surface area contributed by atoms with Gasteiger partial charge in [-0.3, -0.25) is 4.79 Å². The summed E-state index contributed by atoms with van der Waals surface area (Å²) in [6.45, 7) is 9.94. The number of carbonyl (C=O) groups is 1. The van der Waals surface area contributed by atoms with Crippen molar-refractivity contribution in [2.45, 2.75) is 53.4 Å². The third-order valence-electron chi connectivity index (χ3n) is 4.23. The maximum absolute atomic E-state index is 12.4. The lowest BCUT2D eigenvalue weighted by Gasteiger charge is -2.39. The number of hydrogen-bond donors (Lipinski definition) is 0. The van der Waals surface area contributed by atoms with Gasteiger partial charge in [0.15, 0.2) is 0 Å². The molecule has 1 rings (SSSR count). The Morgan fingerprint density at radius 2 is 1.76 bits per heavy atom. The first-order valence-electron chi connectivity index (χ1n) is 6.61. The van der Waals surface area contributed by atoms with Gasteiger partial charge >= 0.3 is 0 Å². The van der Waals surface area contributed by atoms with Gasteiger partial charge in [0, 0.05) is 13.1 Å². The molecule has 0 atom stereocenters. The highest BCUT2D eigenvalue weighted by Gasteiger charge is 2.40. The van der Waals surface area contributed by atoms with Crippen LogP contribution in [0.4, 0.5) is 0 Å². The molecule has 0 saturated carbocycles. The quantitative estimate of drug-likeness (QED) is 0.756. The summed E-state index contributed by atoms with van der Waals surface area (Å²) in [7, 11) is 0. The summed E-state index contributed by atoms with van der Waals surface area (Å²) in [6, 6.07) is 2.24. The van der Waals surface area contributed by atoms with Crippen LogP contribution in [0.1, 0.15) is 53.4 Å². The number of hydrogen-bond acceptors (Lipinski definition) is 2. The van der Waals surface area contributed by atoms with Crippen molar-refractivity contribution >= 4 is 5.91 Å². The van der Waals surface area contributed by atoms with E-state index in [1.807, 2.05) is 18.7 Å². The van der Waals surface area contributed by atoms with Crippen LogP contribution < -0.4 is 0 Å². The van der Waals surface area contributed by atoms with Crippen molar-refractivity contribution in [3.8, 4) is 6.07 Å². The molecule has 0 aromatic rings. The molecule has 0 radical (unpaired) electrons.